The third kappa shape index (κ3) is 3.24. The lowest BCUT2D eigenvalue weighted by molar-refractivity contribution is 0.0937. The molecule has 3 rings (SSSR count). The first-order valence-electron chi connectivity index (χ1n) is 7.46. The van der Waals surface area contributed by atoms with E-state index < -0.39 is 0 Å². The molecule has 0 fully saturated rings. The Balaban J connectivity index is 1.91. The van der Waals surface area contributed by atoms with Gasteiger partial charge in [-0.1, -0.05) is 24.3 Å². The van der Waals surface area contributed by atoms with Gasteiger partial charge in [0.05, 0.1) is 0 Å². The van der Waals surface area contributed by atoms with E-state index in [1.165, 1.54) is 12.1 Å². The number of fused-ring (bicyclic) bond motifs is 1. The number of benzene rings is 2. The van der Waals surface area contributed by atoms with Gasteiger partial charge in [0.2, 0.25) is 0 Å². The molecule has 4 N–H and O–H groups in total. The summed E-state index contributed by atoms with van der Waals surface area (Å²) in [5.41, 5.74) is 8.75. The van der Waals surface area contributed by atoms with E-state index in [1.54, 1.807) is 12.1 Å². The molecule has 4 nitrogen and oxygen atoms in total. The minimum Gasteiger partial charge on any atom is -0.351 e. The number of nitrogens with one attached hydrogen (secondary N) is 2. The fraction of sp³-hybridized carbons (Fsp3) is 0.167. The van der Waals surface area contributed by atoms with Crippen molar-refractivity contribution in [2.24, 2.45) is 5.73 Å². The van der Waals surface area contributed by atoms with Gasteiger partial charge in [-0.05, 0) is 42.3 Å². The molecule has 118 valence electrons. The Morgan fingerprint density at radius 3 is 2.57 bits per heavy atom. The number of halogens is 1. The summed E-state index contributed by atoms with van der Waals surface area (Å²) >= 11 is 0. The van der Waals surface area contributed by atoms with Crippen LogP contribution < -0.4 is 11.1 Å². The van der Waals surface area contributed by atoms with Gasteiger partial charge < -0.3 is 16.0 Å². The van der Waals surface area contributed by atoms with Crippen molar-refractivity contribution in [2.75, 3.05) is 6.54 Å². The van der Waals surface area contributed by atoms with Crippen LogP contribution >= 0.6 is 0 Å². The summed E-state index contributed by atoms with van der Waals surface area (Å²) < 4.78 is 13.0. The fourth-order valence-electron chi connectivity index (χ4n) is 2.43. The molecule has 1 aromatic heterocycles. The van der Waals surface area contributed by atoms with Gasteiger partial charge in [0, 0.05) is 23.5 Å². The second-order valence-corrected chi connectivity index (χ2v) is 5.60. The number of rotatable bonds is 4. The maximum atomic E-state index is 13.0. The van der Waals surface area contributed by atoms with Crippen LogP contribution in [-0.4, -0.2) is 23.5 Å². The Morgan fingerprint density at radius 1 is 1.17 bits per heavy atom. The third-order valence-corrected chi connectivity index (χ3v) is 3.78. The van der Waals surface area contributed by atoms with Crippen LogP contribution in [0, 0.1) is 5.82 Å². The van der Waals surface area contributed by atoms with Crippen LogP contribution in [-0.2, 0) is 0 Å². The van der Waals surface area contributed by atoms with Gasteiger partial charge >= 0.3 is 0 Å². The topological polar surface area (TPSA) is 70.9 Å². The minimum atomic E-state index is -0.261. The normalized spacial score (nSPS) is 12.3. The summed E-state index contributed by atoms with van der Waals surface area (Å²) in [6.07, 6.45) is 0. The van der Waals surface area contributed by atoms with Crippen LogP contribution in [0.5, 0.6) is 0 Å². The highest BCUT2D eigenvalue weighted by molar-refractivity contribution is 5.99. The molecular weight excluding hydrogens is 293 g/mol. The van der Waals surface area contributed by atoms with Crippen molar-refractivity contribution in [3.63, 3.8) is 0 Å². The van der Waals surface area contributed by atoms with Gasteiger partial charge in [0.1, 0.15) is 11.5 Å². The summed E-state index contributed by atoms with van der Waals surface area (Å²) in [4.78, 5) is 15.3. The number of amides is 1. The molecule has 1 unspecified atom stereocenters. The molecule has 0 aliphatic heterocycles. The molecular formula is C18H18FN3O. The van der Waals surface area contributed by atoms with E-state index in [4.69, 9.17) is 5.73 Å². The molecule has 1 heterocycles. The standard InChI is InChI=1S/C18H18FN3O/c1-11(10-20)21-18(23)17-9-14-3-2-13(8-16(14)22-17)12-4-6-15(19)7-5-12/h2-9,11,22H,10,20H2,1H3,(H,21,23). The smallest absolute Gasteiger partial charge is 0.267 e. The zero-order valence-corrected chi connectivity index (χ0v) is 12.8. The number of aromatic amines is 1. The van der Waals surface area contributed by atoms with Crippen molar-refractivity contribution in [1.82, 2.24) is 10.3 Å². The molecule has 0 saturated heterocycles. The molecule has 0 radical (unpaired) electrons. The van der Waals surface area contributed by atoms with Crippen LogP contribution in [0.2, 0.25) is 0 Å². The second-order valence-electron chi connectivity index (χ2n) is 5.60. The number of hydrogen-bond acceptors (Lipinski definition) is 2. The van der Waals surface area contributed by atoms with Crippen LogP contribution in [0.1, 0.15) is 17.4 Å². The van der Waals surface area contributed by atoms with Gasteiger partial charge in [-0.25, -0.2) is 4.39 Å². The summed E-state index contributed by atoms with van der Waals surface area (Å²) in [6.45, 7) is 2.24. The lowest BCUT2D eigenvalue weighted by Crippen LogP contribution is -2.37. The van der Waals surface area contributed by atoms with Crippen molar-refractivity contribution < 1.29 is 9.18 Å². The number of carbonyl (C=O) groups excluding carboxylic acids is 1. The number of aromatic nitrogens is 1. The number of carbonyl (C=O) groups is 1. The Morgan fingerprint density at radius 2 is 1.87 bits per heavy atom. The Labute approximate surface area is 133 Å². The van der Waals surface area contributed by atoms with E-state index in [0.29, 0.717) is 12.2 Å². The second kappa shape index (κ2) is 6.22. The molecule has 2 aromatic carbocycles. The summed E-state index contributed by atoms with van der Waals surface area (Å²) in [6, 6.07) is 13.9. The molecule has 1 amide bonds. The first-order chi connectivity index (χ1) is 11.1. The Kier molecular flexibility index (Phi) is 4.12. The average molecular weight is 311 g/mol. The van der Waals surface area contributed by atoms with Crippen molar-refractivity contribution in [2.45, 2.75) is 13.0 Å². The predicted octanol–water partition coefficient (Wildman–Crippen LogP) is 3.05. The molecule has 1 atom stereocenters. The maximum Gasteiger partial charge on any atom is 0.267 e. The summed E-state index contributed by atoms with van der Waals surface area (Å²) in [5.74, 6) is -0.440. The van der Waals surface area contributed by atoms with E-state index >= 15 is 0 Å². The molecule has 5 heteroatoms. The van der Waals surface area contributed by atoms with Gasteiger partial charge in [-0.15, -0.1) is 0 Å². The van der Waals surface area contributed by atoms with Gasteiger partial charge in [-0.2, -0.15) is 0 Å². The predicted molar refractivity (Wildman–Crippen MR) is 89.7 cm³/mol. The van der Waals surface area contributed by atoms with E-state index in [2.05, 4.69) is 10.3 Å². The van der Waals surface area contributed by atoms with E-state index in [0.717, 1.165) is 22.0 Å². The minimum absolute atomic E-state index is 0.0799. The van der Waals surface area contributed by atoms with Gasteiger partial charge in [0.15, 0.2) is 0 Å². The fourth-order valence-corrected chi connectivity index (χ4v) is 2.43. The van der Waals surface area contributed by atoms with Crippen LogP contribution in [0.4, 0.5) is 4.39 Å². The Bertz CT molecular complexity index is 839. The number of H-pyrrole nitrogens is 1. The molecule has 0 saturated carbocycles. The maximum absolute atomic E-state index is 13.0. The highest BCUT2D eigenvalue weighted by Gasteiger charge is 2.12. The van der Waals surface area contributed by atoms with Gasteiger partial charge in [0.25, 0.3) is 5.91 Å². The van der Waals surface area contributed by atoms with E-state index in [9.17, 15) is 9.18 Å². The van der Waals surface area contributed by atoms with Gasteiger partial charge in [-0.3, -0.25) is 4.79 Å². The van der Waals surface area contributed by atoms with Crippen molar-refractivity contribution in [3.05, 3.63) is 60.0 Å². The largest absolute Gasteiger partial charge is 0.351 e. The van der Waals surface area contributed by atoms with Crippen LogP contribution in [0.3, 0.4) is 0 Å². The van der Waals surface area contributed by atoms with E-state index in [-0.39, 0.29) is 17.8 Å². The first kappa shape index (κ1) is 15.2. The first-order valence-corrected chi connectivity index (χ1v) is 7.46. The molecule has 0 aliphatic rings. The van der Waals surface area contributed by atoms with Crippen molar-refractivity contribution in [1.29, 1.82) is 0 Å². The van der Waals surface area contributed by atoms with Crippen LogP contribution in [0.15, 0.2) is 48.5 Å². The summed E-state index contributed by atoms with van der Waals surface area (Å²) in [7, 11) is 0. The van der Waals surface area contributed by atoms with Crippen LogP contribution in [0.25, 0.3) is 22.0 Å². The zero-order valence-electron chi connectivity index (χ0n) is 12.8. The molecule has 23 heavy (non-hydrogen) atoms. The quantitative estimate of drug-likeness (QED) is 0.693. The zero-order chi connectivity index (χ0) is 16.4. The Hall–Kier alpha value is -2.66. The third-order valence-electron chi connectivity index (χ3n) is 3.78. The number of hydrogen-bond donors (Lipinski definition) is 3. The SMILES string of the molecule is CC(CN)NC(=O)c1cc2ccc(-c3ccc(F)cc3)cc2[nH]1. The average Bonchev–Trinajstić information content (AvgIpc) is 2.98. The lowest BCUT2D eigenvalue weighted by Gasteiger charge is -2.09. The molecule has 3 aromatic rings. The van der Waals surface area contributed by atoms with E-state index in [1.807, 2.05) is 31.2 Å². The van der Waals surface area contributed by atoms with Crippen molar-refractivity contribution in [3.8, 4) is 11.1 Å². The highest BCUT2D eigenvalue weighted by atomic mass is 19.1. The van der Waals surface area contributed by atoms with Crippen molar-refractivity contribution >= 4 is 16.8 Å². The lowest BCUT2D eigenvalue weighted by atomic mass is 10.0. The molecule has 0 bridgehead atoms. The summed E-state index contributed by atoms with van der Waals surface area (Å²) in [5, 5.41) is 3.77. The highest BCUT2D eigenvalue weighted by Crippen LogP contribution is 2.25. The molecule has 0 aliphatic carbocycles. The molecule has 0 spiro atoms. The number of nitrogens with two attached hydrogens (primary N) is 1. The monoisotopic (exact) mass is 311 g/mol.